The quantitative estimate of drug-likeness (QED) is 0.755. The lowest BCUT2D eigenvalue weighted by Gasteiger charge is -2.31. The van der Waals surface area contributed by atoms with Crippen LogP contribution in [0.2, 0.25) is 0 Å². The number of nitrogens with zero attached hydrogens (tertiary/aromatic N) is 1. The third-order valence-electron chi connectivity index (χ3n) is 5.35. The Bertz CT molecular complexity index is 861. The van der Waals surface area contributed by atoms with Gasteiger partial charge in [0.2, 0.25) is 5.91 Å². The molecule has 0 spiro atoms. The maximum atomic E-state index is 12.5. The molecule has 2 aromatic rings. The second-order valence-corrected chi connectivity index (χ2v) is 7.69. The molecule has 2 amide bonds. The lowest BCUT2D eigenvalue weighted by molar-refractivity contribution is -0.123. The minimum Gasteiger partial charge on any atom is -0.483 e. The van der Waals surface area contributed by atoms with Crippen LogP contribution >= 0.6 is 0 Å². The van der Waals surface area contributed by atoms with Gasteiger partial charge in [-0.1, -0.05) is 36.4 Å². The molecule has 6 heteroatoms. The number of amides is 2. The van der Waals surface area contributed by atoms with Crippen molar-refractivity contribution < 1.29 is 14.3 Å². The van der Waals surface area contributed by atoms with Gasteiger partial charge in [0.15, 0.2) is 6.61 Å². The molecule has 1 unspecified atom stereocenters. The number of primary amides is 1. The molecular formula is C23H29N3O3. The van der Waals surface area contributed by atoms with Crippen LogP contribution in [0.25, 0.3) is 0 Å². The van der Waals surface area contributed by atoms with Crippen LogP contribution in [-0.4, -0.2) is 36.4 Å². The zero-order chi connectivity index (χ0) is 20.8. The molecule has 1 atom stereocenters. The zero-order valence-electron chi connectivity index (χ0n) is 17.1. The van der Waals surface area contributed by atoms with Crippen molar-refractivity contribution in [2.75, 3.05) is 25.0 Å². The summed E-state index contributed by atoms with van der Waals surface area (Å²) in [6, 6.07) is 13.6. The summed E-state index contributed by atoms with van der Waals surface area (Å²) in [5.74, 6) is 0.215. The summed E-state index contributed by atoms with van der Waals surface area (Å²) in [6.45, 7) is 6.13. The van der Waals surface area contributed by atoms with Gasteiger partial charge in [-0.05, 0) is 56.0 Å². The number of ether oxygens (including phenoxy) is 1. The van der Waals surface area contributed by atoms with Crippen molar-refractivity contribution in [2.24, 2.45) is 11.7 Å². The smallest absolute Gasteiger partial charge is 0.262 e. The lowest BCUT2D eigenvalue weighted by atomic mass is 9.97. The van der Waals surface area contributed by atoms with E-state index in [4.69, 9.17) is 10.5 Å². The first-order valence-electron chi connectivity index (χ1n) is 10.0. The molecule has 1 aliphatic heterocycles. The molecule has 1 fully saturated rings. The number of carbonyl (C=O) groups is 2. The van der Waals surface area contributed by atoms with Crippen LogP contribution < -0.4 is 15.8 Å². The Morgan fingerprint density at radius 1 is 1.14 bits per heavy atom. The molecule has 1 saturated heterocycles. The van der Waals surface area contributed by atoms with Gasteiger partial charge in [-0.2, -0.15) is 0 Å². The number of carbonyl (C=O) groups excluding carboxylic acids is 2. The maximum Gasteiger partial charge on any atom is 0.262 e. The summed E-state index contributed by atoms with van der Waals surface area (Å²) >= 11 is 0. The van der Waals surface area contributed by atoms with Crippen molar-refractivity contribution in [3.05, 3.63) is 59.2 Å². The highest BCUT2D eigenvalue weighted by molar-refractivity contribution is 5.92. The van der Waals surface area contributed by atoms with Crippen molar-refractivity contribution >= 4 is 17.5 Å². The highest BCUT2D eigenvalue weighted by atomic mass is 16.5. The average Bonchev–Trinajstić information content (AvgIpc) is 2.69. The van der Waals surface area contributed by atoms with Crippen molar-refractivity contribution in [1.29, 1.82) is 0 Å². The molecule has 0 aromatic heterocycles. The predicted molar refractivity (Wildman–Crippen MR) is 114 cm³/mol. The summed E-state index contributed by atoms with van der Waals surface area (Å²) in [5.41, 5.74) is 9.28. The van der Waals surface area contributed by atoms with Crippen LogP contribution in [0.15, 0.2) is 42.5 Å². The summed E-state index contributed by atoms with van der Waals surface area (Å²) in [6.07, 6.45) is 1.80. The third kappa shape index (κ3) is 5.57. The van der Waals surface area contributed by atoms with Crippen LogP contribution in [0.1, 0.15) is 29.5 Å². The second kappa shape index (κ2) is 9.56. The Hall–Kier alpha value is -2.86. The van der Waals surface area contributed by atoms with E-state index in [0.29, 0.717) is 13.1 Å². The van der Waals surface area contributed by atoms with Crippen LogP contribution in [0.4, 0.5) is 5.69 Å². The van der Waals surface area contributed by atoms with Gasteiger partial charge < -0.3 is 15.8 Å². The highest BCUT2D eigenvalue weighted by Gasteiger charge is 2.24. The first kappa shape index (κ1) is 20.9. The molecule has 1 aliphatic rings. The Morgan fingerprint density at radius 2 is 1.86 bits per heavy atom. The molecule has 3 N–H and O–H groups in total. The number of para-hydroxylation sites is 2. The van der Waals surface area contributed by atoms with Gasteiger partial charge in [-0.25, -0.2) is 0 Å². The highest BCUT2D eigenvalue weighted by Crippen LogP contribution is 2.24. The fourth-order valence-corrected chi connectivity index (χ4v) is 3.80. The third-order valence-corrected chi connectivity index (χ3v) is 5.35. The Labute approximate surface area is 172 Å². The van der Waals surface area contributed by atoms with Crippen LogP contribution in [0.3, 0.4) is 0 Å². The SMILES string of the molecule is Cc1cccc(C)c1OCC(=O)Nc1ccccc1CN1CCCC(C(N)=O)C1. The molecule has 3 rings (SSSR count). The minimum absolute atomic E-state index is 0.0481. The van der Waals surface area contributed by atoms with E-state index in [0.717, 1.165) is 47.5 Å². The van der Waals surface area contributed by atoms with E-state index in [-0.39, 0.29) is 24.3 Å². The number of piperidine rings is 1. The van der Waals surface area contributed by atoms with Crippen LogP contribution in [0, 0.1) is 19.8 Å². The lowest BCUT2D eigenvalue weighted by Crippen LogP contribution is -2.40. The molecule has 2 aromatic carbocycles. The van der Waals surface area contributed by atoms with Gasteiger partial charge in [0.05, 0.1) is 5.92 Å². The topological polar surface area (TPSA) is 84.7 Å². The normalized spacial score (nSPS) is 17.0. The predicted octanol–water partition coefficient (Wildman–Crippen LogP) is 3.02. The molecule has 0 aliphatic carbocycles. The number of nitrogens with one attached hydrogen (secondary N) is 1. The minimum atomic E-state index is -0.236. The Balaban J connectivity index is 1.61. The fraction of sp³-hybridized carbons (Fsp3) is 0.391. The molecule has 6 nitrogen and oxygen atoms in total. The maximum absolute atomic E-state index is 12.5. The van der Waals surface area contributed by atoms with E-state index in [1.165, 1.54) is 0 Å². The van der Waals surface area contributed by atoms with Crippen molar-refractivity contribution in [3.8, 4) is 5.75 Å². The zero-order valence-corrected chi connectivity index (χ0v) is 17.1. The van der Waals surface area contributed by atoms with Crippen molar-refractivity contribution in [3.63, 3.8) is 0 Å². The monoisotopic (exact) mass is 395 g/mol. The number of anilines is 1. The first-order valence-corrected chi connectivity index (χ1v) is 10.0. The molecule has 0 saturated carbocycles. The standard InChI is InChI=1S/C23H29N3O3/c1-16-7-5-8-17(2)22(16)29-15-21(27)25-20-11-4-3-9-18(20)13-26-12-6-10-19(14-26)23(24)28/h3-5,7-9,11,19H,6,10,12-15H2,1-2H3,(H2,24,28)(H,25,27). The summed E-state index contributed by atoms with van der Waals surface area (Å²) in [4.78, 5) is 26.2. The molecule has 154 valence electrons. The molecule has 29 heavy (non-hydrogen) atoms. The van der Waals surface area contributed by atoms with Gasteiger partial charge in [-0.3, -0.25) is 14.5 Å². The van der Waals surface area contributed by atoms with Crippen molar-refractivity contribution in [1.82, 2.24) is 4.90 Å². The van der Waals surface area contributed by atoms with E-state index < -0.39 is 0 Å². The number of likely N-dealkylation sites (tertiary alicyclic amines) is 1. The first-order chi connectivity index (χ1) is 13.9. The number of aryl methyl sites for hydroxylation is 2. The van der Waals surface area contributed by atoms with Crippen LogP contribution in [-0.2, 0) is 16.1 Å². The molecule has 1 heterocycles. The van der Waals surface area contributed by atoms with Crippen LogP contribution in [0.5, 0.6) is 5.75 Å². The van der Waals surface area contributed by atoms with Gasteiger partial charge >= 0.3 is 0 Å². The molecule has 0 radical (unpaired) electrons. The van der Waals surface area contributed by atoms with E-state index >= 15 is 0 Å². The van der Waals surface area contributed by atoms with Gasteiger partial charge in [0.1, 0.15) is 5.75 Å². The van der Waals surface area contributed by atoms with Gasteiger partial charge in [0.25, 0.3) is 5.91 Å². The van der Waals surface area contributed by atoms with Crippen molar-refractivity contribution in [2.45, 2.75) is 33.2 Å². The number of benzene rings is 2. The van der Waals surface area contributed by atoms with Gasteiger partial charge in [0, 0.05) is 18.8 Å². The summed E-state index contributed by atoms with van der Waals surface area (Å²) in [7, 11) is 0. The second-order valence-electron chi connectivity index (χ2n) is 7.69. The fourth-order valence-electron chi connectivity index (χ4n) is 3.80. The molecule has 0 bridgehead atoms. The Kier molecular flexibility index (Phi) is 6.88. The largest absolute Gasteiger partial charge is 0.483 e. The summed E-state index contributed by atoms with van der Waals surface area (Å²) in [5, 5.41) is 2.96. The number of rotatable bonds is 7. The number of hydrogen-bond acceptors (Lipinski definition) is 4. The van der Waals surface area contributed by atoms with E-state index in [1.807, 2.05) is 56.3 Å². The van der Waals surface area contributed by atoms with E-state index in [9.17, 15) is 9.59 Å². The molecular weight excluding hydrogens is 366 g/mol. The number of nitrogens with two attached hydrogens (primary N) is 1. The van der Waals surface area contributed by atoms with Gasteiger partial charge in [-0.15, -0.1) is 0 Å². The Morgan fingerprint density at radius 3 is 2.59 bits per heavy atom. The van der Waals surface area contributed by atoms with E-state index in [1.54, 1.807) is 0 Å². The van der Waals surface area contributed by atoms with E-state index in [2.05, 4.69) is 10.2 Å². The average molecular weight is 396 g/mol. The number of hydrogen-bond donors (Lipinski definition) is 2. The summed E-state index contributed by atoms with van der Waals surface area (Å²) < 4.78 is 5.76.